The maximum Gasteiger partial charge on any atom is 0.160 e. The average molecular weight is 256 g/mol. The topological polar surface area (TPSA) is 45.1 Å². The van der Waals surface area contributed by atoms with Crippen LogP contribution in [0.5, 0.6) is 11.5 Å². The Labute approximate surface area is 112 Å². The van der Waals surface area contributed by atoms with Crippen molar-refractivity contribution in [3.63, 3.8) is 0 Å². The van der Waals surface area contributed by atoms with E-state index < -0.39 is 0 Å². The Morgan fingerprint density at radius 3 is 2.53 bits per heavy atom. The molecule has 4 nitrogen and oxygen atoms in total. The van der Waals surface area contributed by atoms with Crippen LogP contribution in [0.25, 0.3) is 0 Å². The van der Waals surface area contributed by atoms with Crippen molar-refractivity contribution in [2.24, 2.45) is 5.10 Å². The molecule has 0 amide bonds. The first kappa shape index (κ1) is 13.0. The molecule has 0 aliphatic carbocycles. The van der Waals surface area contributed by atoms with Gasteiger partial charge in [-0.1, -0.05) is 18.2 Å². The quantitative estimate of drug-likeness (QED) is 0.675. The fourth-order valence-electron chi connectivity index (χ4n) is 1.65. The number of hydrogen-bond acceptors (Lipinski definition) is 4. The first-order valence-corrected chi connectivity index (χ1v) is 5.90. The van der Waals surface area contributed by atoms with E-state index in [0.717, 1.165) is 11.3 Å². The molecule has 0 bridgehead atoms. The first-order chi connectivity index (χ1) is 9.20. The standard InChI is InChI=1S/C15H16N2O2/c1-17(13-6-4-3-5-7-13)16-11-12-8-9-15(19-2)14(18)10-12/h3-11,18H,1-2H3/b16-11-. The lowest BCUT2D eigenvalue weighted by molar-refractivity contribution is 0.373. The van der Waals surface area contributed by atoms with Crippen LogP contribution >= 0.6 is 0 Å². The minimum atomic E-state index is 0.105. The fraction of sp³-hybridized carbons (Fsp3) is 0.133. The Hall–Kier alpha value is -2.49. The number of phenols is 1. The summed E-state index contributed by atoms with van der Waals surface area (Å²) >= 11 is 0. The van der Waals surface area contributed by atoms with Crippen LogP contribution in [-0.2, 0) is 0 Å². The third-order valence-corrected chi connectivity index (χ3v) is 2.71. The number of para-hydroxylation sites is 1. The number of phenolic OH excluding ortho intramolecular Hbond substituents is 1. The summed E-state index contributed by atoms with van der Waals surface area (Å²) in [6.07, 6.45) is 1.69. The van der Waals surface area contributed by atoms with E-state index in [4.69, 9.17) is 4.74 Å². The molecule has 2 aromatic carbocycles. The zero-order valence-corrected chi connectivity index (χ0v) is 10.9. The van der Waals surface area contributed by atoms with Crippen molar-refractivity contribution in [3.8, 4) is 11.5 Å². The molecule has 98 valence electrons. The summed E-state index contributed by atoms with van der Waals surface area (Å²) in [7, 11) is 3.39. The first-order valence-electron chi connectivity index (χ1n) is 5.90. The van der Waals surface area contributed by atoms with Gasteiger partial charge in [0.2, 0.25) is 0 Å². The predicted molar refractivity (Wildman–Crippen MR) is 77.1 cm³/mol. The summed E-state index contributed by atoms with van der Waals surface area (Å²) < 4.78 is 4.99. The minimum Gasteiger partial charge on any atom is -0.504 e. The highest BCUT2D eigenvalue weighted by Gasteiger charge is 2.01. The molecular formula is C15H16N2O2. The van der Waals surface area contributed by atoms with Crippen LogP contribution in [0.15, 0.2) is 53.6 Å². The second-order valence-corrected chi connectivity index (χ2v) is 4.04. The molecule has 2 rings (SSSR count). The van der Waals surface area contributed by atoms with Gasteiger partial charge in [0.05, 0.1) is 19.0 Å². The Balaban J connectivity index is 2.12. The molecule has 0 saturated heterocycles. The van der Waals surface area contributed by atoms with Crippen LogP contribution < -0.4 is 9.75 Å². The van der Waals surface area contributed by atoms with E-state index in [1.165, 1.54) is 7.11 Å². The lowest BCUT2D eigenvalue weighted by Crippen LogP contribution is -2.08. The normalized spacial score (nSPS) is 10.6. The molecule has 0 atom stereocenters. The Bertz CT molecular complexity index is 568. The molecule has 1 N–H and O–H groups in total. The van der Waals surface area contributed by atoms with E-state index in [2.05, 4.69) is 5.10 Å². The molecule has 0 radical (unpaired) electrons. The summed E-state index contributed by atoms with van der Waals surface area (Å²) in [5.74, 6) is 0.558. The van der Waals surface area contributed by atoms with Gasteiger partial charge in [-0.05, 0) is 35.9 Å². The predicted octanol–water partition coefficient (Wildman–Crippen LogP) is 2.87. The van der Waals surface area contributed by atoms with Gasteiger partial charge in [-0.15, -0.1) is 0 Å². The molecule has 0 unspecified atom stereocenters. The summed E-state index contributed by atoms with van der Waals surface area (Å²) in [4.78, 5) is 0. The van der Waals surface area contributed by atoms with Crippen LogP contribution in [-0.4, -0.2) is 25.5 Å². The maximum atomic E-state index is 9.67. The molecule has 2 aromatic rings. The molecule has 0 saturated carbocycles. The summed E-state index contributed by atoms with van der Waals surface area (Å²) in [6, 6.07) is 15.0. The van der Waals surface area contributed by atoms with E-state index >= 15 is 0 Å². The molecule has 0 aromatic heterocycles. The number of hydrogen-bond donors (Lipinski definition) is 1. The van der Waals surface area contributed by atoms with Crippen molar-refractivity contribution in [1.29, 1.82) is 0 Å². The van der Waals surface area contributed by atoms with Crippen LogP contribution in [0.3, 0.4) is 0 Å². The highest BCUT2D eigenvalue weighted by atomic mass is 16.5. The second-order valence-electron chi connectivity index (χ2n) is 4.04. The monoisotopic (exact) mass is 256 g/mol. The Kier molecular flexibility index (Phi) is 4.03. The summed E-state index contributed by atoms with van der Waals surface area (Å²) in [5.41, 5.74) is 1.80. The van der Waals surface area contributed by atoms with E-state index in [-0.39, 0.29) is 5.75 Å². The number of methoxy groups -OCH3 is 1. The van der Waals surface area contributed by atoms with Gasteiger partial charge in [-0.3, -0.25) is 5.01 Å². The molecule has 0 aliphatic heterocycles. The largest absolute Gasteiger partial charge is 0.504 e. The van der Waals surface area contributed by atoms with Crippen LogP contribution in [0.4, 0.5) is 5.69 Å². The SMILES string of the molecule is COc1ccc(/C=N\N(C)c2ccccc2)cc1O. The molecule has 19 heavy (non-hydrogen) atoms. The van der Waals surface area contributed by atoms with Crippen molar-refractivity contribution in [3.05, 3.63) is 54.1 Å². The lowest BCUT2D eigenvalue weighted by Gasteiger charge is -2.12. The van der Waals surface area contributed by atoms with Gasteiger partial charge >= 0.3 is 0 Å². The molecule has 4 heteroatoms. The summed E-state index contributed by atoms with van der Waals surface area (Å²) in [6.45, 7) is 0. The van der Waals surface area contributed by atoms with Gasteiger partial charge in [0.1, 0.15) is 0 Å². The number of hydrazone groups is 1. The van der Waals surface area contributed by atoms with E-state index in [1.807, 2.05) is 43.4 Å². The second kappa shape index (κ2) is 5.91. The van der Waals surface area contributed by atoms with Crippen molar-refractivity contribution in [2.45, 2.75) is 0 Å². The van der Waals surface area contributed by atoms with Crippen LogP contribution in [0, 0.1) is 0 Å². The number of aromatic hydroxyl groups is 1. The van der Waals surface area contributed by atoms with Gasteiger partial charge in [0, 0.05) is 7.05 Å². The average Bonchev–Trinajstić information content (AvgIpc) is 2.46. The molecule has 0 fully saturated rings. The Morgan fingerprint density at radius 1 is 1.16 bits per heavy atom. The van der Waals surface area contributed by atoms with Crippen molar-refractivity contribution < 1.29 is 9.84 Å². The summed E-state index contributed by atoms with van der Waals surface area (Å²) in [5, 5.41) is 15.8. The van der Waals surface area contributed by atoms with Gasteiger partial charge in [-0.25, -0.2) is 0 Å². The van der Waals surface area contributed by atoms with Gasteiger partial charge in [-0.2, -0.15) is 5.10 Å². The molecular weight excluding hydrogens is 240 g/mol. The van der Waals surface area contributed by atoms with E-state index in [1.54, 1.807) is 23.4 Å². The molecule has 0 heterocycles. The van der Waals surface area contributed by atoms with E-state index in [0.29, 0.717) is 5.75 Å². The number of benzene rings is 2. The highest BCUT2D eigenvalue weighted by Crippen LogP contribution is 2.25. The van der Waals surface area contributed by atoms with Crippen LogP contribution in [0.2, 0.25) is 0 Å². The van der Waals surface area contributed by atoms with Crippen molar-refractivity contribution in [1.82, 2.24) is 0 Å². The number of rotatable bonds is 4. The smallest absolute Gasteiger partial charge is 0.160 e. The minimum absolute atomic E-state index is 0.105. The number of anilines is 1. The lowest BCUT2D eigenvalue weighted by atomic mass is 10.2. The van der Waals surface area contributed by atoms with Crippen molar-refractivity contribution in [2.75, 3.05) is 19.2 Å². The third kappa shape index (κ3) is 3.25. The Morgan fingerprint density at radius 2 is 1.89 bits per heavy atom. The van der Waals surface area contributed by atoms with Crippen LogP contribution in [0.1, 0.15) is 5.56 Å². The zero-order chi connectivity index (χ0) is 13.7. The number of nitrogens with zero attached hydrogens (tertiary/aromatic N) is 2. The third-order valence-electron chi connectivity index (χ3n) is 2.71. The zero-order valence-electron chi connectivity index (χ0n) is 10.9. The van der Waals surface area contributed by atoms with Gasteiger partial charge in [0.25, 0.3) is 0 Å². The van der Waals surface area contributed by atoms with Crippen molar-refractivity contribution >= 4 is 11.9 Å². The highest BCUT2D eigenvalue weighted by molar-refractivity contribution is 5.81. The fourth-order valence-corrected chi connectivity index (χ4v) is 1.65. The number of ether oxygens (including phenoxy) is 1. The van der Waals surface area contributed by atoms with Gasteiger partial charge < -0.3 is 9.84 Å². The molecule has 0 spiro atoms. The van der Waals surface area contributed by atoms with Gasteiger partial charge in [0.15, 0.2) is 11.5 Å². The maximum absolute atomic E-state index is 9.67. The van der Waals surface area contributed by atoms with E-state index in [9.17, 15) is 5.11 Å². The molecule has 0 aliphatic rings.